The van der Waals surface area contributed by atoms with Gasteiger partial charge < -0.3 is 15.4 Å². The zero-order chi connectivity index (χ0) is 14.3. The van der Waals surface area contributed by atoms with E-state index >= 15 is 0 Å². The summed E-state index contributed by atoms with van der Waals surface area (Å²) >= 11 is 0. The van der Waals surface area contributed by atoms with Crippen LogP contribution in [-0.2, 0) is 6.54 Å². The molecule has 0 aromatic heterocycles. The first-order valence-electron chi connectivity index (χ1n) is 7.24. The van der Waals surface area contributed by atoms with Crippen molar-refractivity contribution in [1.29, 1.82) is 0 Å². The highest BCUT2D eigenvalue weighted by molar-refractivity contribution is 14.0. The van der Waals surface area contributed by atoms with Crippen LogP contribution in [0.1, 0.15) is 12.0 Å². The number of hydrogen-bond acceptors (Lipinski definition) is 4. The quantitative estimate of drug-likeness (QED) is 0.760. The number of guanidine groups is 1. The third-order valence-electron chi connectivity index (χ3n) is 3.26. The Kier molecular flexibility index (Phi) is 6.51. The number of hydrogen-bond donors (Lipinski definition) is 2. The molecule has 2 aromatic carbocycles. The van der Waals surface area contributed by atoms with Gasteiger partial charge in [-0.25, -0.2) is 0 Å². The first-order chi connectivity index (χ1) is 10.4. The summed E-state index contributed by atoms with van der Waals surface area (Å²) in [5, 5.41) is 6.55. The maximum Gasteiger partial charge on any atom is 0.191 e. The second-order valence-electron chi connectivity index (χ2n) is 4.92. The van der Waals surface area contributed by atoms with E-state index in [0.717, 1.165) is 43.5 Å². The molecule has 0 bridgehead atoms. The van der Waals surface area contributed by atoms with Crippen LogP contribution < -0.4 is 15.4 Å². The molecule has 0 radical (unpaired) electrons. The Hall–Kier alpha value is -1.76. The molecule has 1 aliphatic rings. The van der Waals surface area contributed by atoms with Crippen molar-refractivity contribution in [3.63, 3.8) is 0 Å². The lowest BCUT2D eigenvalue weighted by Crippen LogP contribution is -2.40. The number of para-hydroxylation sites is 1. The minimum Gasteiger partial charge on any atom is -0.457 e. The summed E-state index contributed by atoms with van der Waals surface area (Å²) in [6.07, 6.45) is 1.11. The molecule has 0 saturated carbocycles. The van der Waals surface area contributed by atoms with Gasteiger partial charge in [0.2, 0.25) is 0 Å². The highest BCUT2D eigenvalue weighted by Gasteiger charge is 2.03. The topological polar surface area (TPSA) is 45.6 Å². The Bertz CT molecular complexity index is 599. The molecule has 0 aliphatic carbocycles. The lowest BCUT2D eigenvalue weighted by Gasteiger charge is -2.16. The fourth-order valence-electron chi connectivity index (χ4n) is 2.14. The Morgan fingerprint density at radius 1 is 1.00 bits per heavy atom. The maximum absolute atomic E-state index is 5.77. The number of nitrogens with one attached hydrogen (secondary N) is 2. The van der Waals surface area contributed by atoms with Gasteiger partial charge in [-0.2, -0.15) is 0 Å². The highest BCUT2D eigenvalue weighted by atomic mass is 127. The van der Waals surface area contributed by atoms with Crippen LogP contribution >= 0.6 is 24.0 Å². The van der Waals surface area contributed by atoms with Gasteiger partial charge in [0.05, 0.1) is 0 Å². The van der Waals surface area contributed by atoms with Crippen molar-refractivity contribution in [3.05, 3.63) is 60.2 Å². The summed E-state index contributed by atoms with van der Waals surface area (Å²) in [4.78, 5) is 4.39. The van der Waals surface area contributed by atoms with Crippen molar-refractivity contribution < 1.29 is 4.74 Å². The Morgan fingerprint density at radius 3 is 2.41 bits per heavy atom. The van der Waals surface area contributed by atoms with E-state index in [1.807, 2.05) is 42.5 Å². The van der Waals surface area contributed by atoms with Crippen LogP contribution in [0.4, 0.5) is 0 Å². The molecule has 0 fully saturated rings. The molecule has 3 rings (SSSR count). The number of rotatable bonds is 4. The van der Waals surface area contributed by atoms with Gasteiger partial charge in [0, 0.05) is 19.6 Å². The minimum absolute atomic E-state index is 0. The maximum atomic E-state index is 5.77. The third-order valence-corrected chi connectivity index (χ3v) is 3.26. The van der Waals surface area contributed by atoms with Gasteiger partial charge in [0.1, 0.15) is 11.5 Å². The van der Waals surface area contributed by atoms with E-state index in [9.17, 15) is 0 Å². The monoisotopic (exact) mass is 409 g/mol. The Morgan fingerprint density at radius 2 is 1.73 bits per heavy atom. The predicted molar refractivity (Wildman–Crippen MR) is 100 cm³/mol. The molecular weight excluding hydrogens is 389 g/mol. The lowest BCUT2D eigenvalue weighted by atomic mass is 10.2. The molecule has 0 amide bonds. The van der Waals surface area contributed by atoms with Crippen molar-refractivity contribution >= 4 is 29.9 Å². The van der Waals surface area contributed by atoms with Crippen molar-refractivity contribution in [2.45, 2.75) is 13.0 Å². The summed E-state index contributed by atoms with van der Waals surface area (Å²) < 4.78 is 5.77. The zero-order valence-corrected chi connectivity index (χ0v) is 14.6. The third kappa shape index (κ3) is 4.91. The van der Waals surface area contributed by atoms with Crippen molar-refractivity contribution in [2.75, 3.05) is 13.1 Å². The summed E-state index contributed by atoms with van der Waals surface area (Å²) in [5.41, 5.74) is 1.20. The molecule has 0 atom stereocenters. The first kappa shape index (κ1) is 16.6. The average Bonchev–Trinajstić information content (AvgIpc) is 2.56. The molecular formula is C17H20IN3O. The zero-order valence-electron chi connectivity index (χ0n) is 12.3. The number of halogens is 1. The molecule has 22 heavy (non-hydrogen) atoms. The smallest absolute Gasteiger partial charge is 0.191 e. The number of nitrogens with zero attached hydrogens (tertiary/aromatic N) is 1. The van der Waals surface area contributed by atoms with Gasteiger partial charge >= 0.3 is 0 Å². The van der Waals surface area contributed by atoms with Gasteiger partial charge in [0.15, 0.2) is 5.96 Å². The Balaban J connectivity index is 0.00000176. The van der Waals surface area contributed by atoms with Gasteiger partial charge in [-0.05, 0) is 36.2 Å². The van der Waals surface area contributed by atoms with Crippen LogP contribution in [0.15, 0.2) is 59.6 Å². The fourth-order valence-corrected chi connectivity index (χ4v) is 2.14. The van der Waals surface area contributed by atoms with Crippen LogP contribution in [0.3, 0.4) is 0 Å². The van der Waals surface area contributed by atoms with Crippen LogP contribution in [0, 0.1) is 0 Å². The van der Waals surface area contributed by atoms with E-state index < -0.39 is 0 Å². The van der Waals surface area contributed by atoms with Gasteiger partial charge in [-0.1, -0.05) is 30.3 Å². The molecule has 1 aliphatic heterocycles. The predicted octanol–water partition coefficient (Wildman–Crippen LogP) is 3.54. The van der Waals surface area contributed by atoms with Crippen LogP contribution in [0.5, 0.6) is 11.5 Å². The standard InChI is InChI=1S/C17H19N3O.HI/c1-2-5-15(6-3-1)21-16-9-7-14(8-10-16)13-20-17-18-11-4-12-19-17;/h1-3,5-10H,4,11-13H2,(H2,18,19,20);1H. The fraction of sp³-hybridized carbons (Fsp3) is 0.235. The first-order valence-corrected chi connectivity index (χ1v) is 7.24. The molecule has 0 unspecified atom stereocenters. The largest absolute Gasteiger partial charge is 0.457 e. The molecule has 116 valence electrons. The normalized spacial score (nSPS) is 13.4. The van der Waals surface area contributed by atoms with E-state index in [1.54, 1.807) is 0 Å². The van der Waals surface area contributed by atoms with Gasteiger partial charge in [-0.15, -0.1) is 24.0 Å². The van der Waals surface area contributed by atoms with E-state index in [0.29, 0.717) is 0 Å². The summed E-state index contributed by atoms with van der Waals surface area (Å²) in [5.74, 6) is 2.59. The lowest BCUT2D eigenvalue weighted by molar-refractivity contribution is 0.482. The van der Waals surface area contributed by atoms with Crippen molar-refractivity contribution in [2.24, 2.45) is 4.99 Å². The summed E-state index contributed by atoms with van der Waals surface area (Å²) in [6, 6.07) is 17.9. The number of aliphatic imine (C=N–C) groups is 1. The molecule has 2 aromatic rings. The second-order valence-corrected chi connectivity index (χ2v) is 4.92. The molecule has 0 saturated heterocycles. The minimum atomic E-state index is 0. The van der Waals surface area contributed by atoms with Crippen LogP contribution in [0.25, 0.3) is 0 Å². The van der Waals surface area contributed by atoms with E-state index in [4.69, 9.17) is 4.74 Å². The van der Waals surface area contributed by atoms with E-state index in [-0.39, 0.29) is 24.0 Å². The molecule has 0 spiro atoms. The number of ether oxygens (including phenoxy) is 1. The second kappa shape index (κ2) is 8.63. The highest BCUT2D eigenvalue weighted by Crippen LogP contribution is 2.20. The summed E-state index contributed by atoms with van der Waals surface area (Å²) in [6.45, 7) is 2.66. The van der Waals surface area contributed by atoms with Crippen LogP contribution in [-0.4, -0.2) is 19.0 Å². The van der Waals surface area contributed by atoms with E-state index in [1.165, 1.54) is 5.56 Å². The molecule has 2 N–H and O–H groups in total. The average molecular weight is 409 g/mol. The van der Waals surface area contributed by atoms with Crippen molar-refractivity contribution in [3.8, 4) is 11.5 Å². The van der Waals surface area contributed by atoms with Gasteiger partial charge in [0.25, 0.3) is 0 Å². The van der Waals surface area contributed by atoms with Gasteiger partial charge in [-0.3, -0.25) is 4.99 Å². The SMILES string of the molecule is I.c1ccc(Oc2ccc(CNC3=NCCCN3)cc2)cc1. The van der Waals surface area contributed by atoms with E-state index in [2.05, 4.69) is 27.8 Å². The van der Waals surface area contributed by atoms with Crippen molar-refractivity contribution in [1.82, 2.24) is 10.6 Å². The Labute approximate surface area is 148 Å². The molecule has 5 heteroatoms. The number of benzene rings is 2. The summed E-state index contributed by atoms with van der Waals surface area (Å²) in [7, 11) is 0. The molecule has 1 heterocycles. The molecule has 4 nitrogen and oxygen atoms in total. The van der Waals surface area contributed by atoms with Crippen LogP contribution in [0.2, 0.25) is 0 Å².